The van der Waals surface area contributed by atoms with Crippen molar-refractivity contribution in [3.8, 4) is 5.75 Å². The molecule has 0 aliphatic carbocycles. The van der Waals surface area contributed by atoms with Crippen molar-refractivity contribution in [2.45, 2.75) is 26.2 Å². The lowest BCUT2D eigenvalue weighted by molar-refractivity contribution is -0.142. The highest BCUT2D eigenvalue weighted by atomic mass is 35.5. The second-order valence-corrected chi connectivity index (χ2v) is 7.82. The van der Waals surface area contributed by atoms with Gasteiger partial charge in [-0.2, -0.15) is 18.3 Å². The Morgan fingerprint density at radius 1 is 1.17 bits per heavy atom. The zero-order valence-corrected chi connectivity index (χ0v) is 18.1. The van der Waals surface area contributed by atoms with Crippen molar-refractivity contribution in [1.29, 1.82) is 0 Å². The van der Waals surface area contributed by atoms with Crippen LogP contribution in [0.5, 0.6) is 5.75 Å². The van der Waals surface area contributed by atoms with Crippen LogP contribution in [0.1, 0.15) is 23.1 Å². The Labute approximate surface area is 182 Å². The molecule has 0 radical (unpaired) electrons. The Morgan fingerprint density at radius 2 is 1.80 bits per heavy atom. The van der Waals surface area contributed by atoms with E-state index < -0.39 is 23.1 Å². The van der Waals surface area contributed by atoms with E-state index in [1.807, 2.05) is 19.1 Å². The van der Waals surface area contributed by atoms with Gasteiger partial charge in [-0.05, 0) is 25.5 Å². The van der Waals surface area contributed by atoms with Gasteiger partial charge < -0.3 is 9.64 Å². The highest BCUT2D eigenvalue weighted by Gasteiger charge is 2.39. The summed E-state index contributed by atoms with van der Waals surface area (Å²) in [6.07, 6.45) is -5.07. The van der Waals surface area contributed by atoms with Crippen LogP contribution in [0.2, 0.25) is 10.0 Å². The second kappa shape index (κ2) is 8.64. The number of hydrogen-bond donors (Lipinski definition) is 0. The zero-order valence-electron chi connectivity index (χ0n) is 16.6. The molecule has 2 aromatic rings. The number of aromatic nitrogens is 2. The van der Waals surface area contributed by atoms with Crippen LogP contribution in [0, 0.1) is 13.8 Å². The molecule has 164 valence electrons. The maximum absolute atomic E-state index is 13.1. The van der Waals surface area contributed by atoms with E-state index in [1.165, 1.54) is 6.92 Å². The summed E-state index contributed by atoms with van der Waals surface area (Å²) in [4.78, 5) is 15.7. The maximum atomic E-state index is 13.1. The van der Waals surface area contributed by atoms with Gasteiger partial charge in [-0.25, -0.2) is 4.68 Å². The minimum atomic E-state index is -4.69. The van der Waals surface area contributed by atoms with Crippen molar-refractivity contribution >= 4 is 35.2 Å². The number of methoxy groups -OCH3 is 1. The quantitative estimate of drug-likeness (QED) is 0.615. The highest BCUT2D eigenvalue weighted by Crippen LogP contribution is 2.37. The molecule has 1 saturated heterocycles. The largest absolute Gasteiger partial charge is 0.495 e. The number of hydrogen-bond acceptors (Lipinski definition) is 5. The summed E-state index contributed by atoms with van der Waals surface area (Å²) in [5.41, 5.74) is 0.847. The van der Waals surface area contributed by atoms with E-state index in [0.717, 1.165) is 15.9 Å². The summed E-state index contributed by atoms with van der Waals surface area (Å²) in [7, 11) is 1.54. The van der Waals surface area contributed by atoms with Crippen LogP contribution in [0.15, 0.2) is 12.1 Å². The fraction of sp³-hybridized carbons (Fsp3) is 0.474. The molecule has 1 aromatic carbocycles. The molecule has 1 unspecified atom stereocenters. The number of piperazine rings is 1. The maximum Gasteiger partial charge on any atom is 0.436 e. The molecule has 3 rings (SSSR count). The van der Waals surface area contributed by atoms with Gasteiger partial charge in [-0.1, -0.05) is 23.2 Å². The van der Waals surface area contributed by atoms with Crippen LogP contribution >= 0.6 is 23.2 Å². The van der Waals surface area contributed by atoms with Gasteiger partial charge >= 0.3 is 6.18 Å². The lowest BCUT2D eigenvalue weighted by Crippen LogP contribution is -2.49. The summed E-state index contributed by atoms with van der Waals surface area (Å²) in [5, 5.41) is 3.62. The predicted octanol–water partition coefficient (Wildman–Crippen LogP) is 4.35. The van der Waals surface area contributed by atoms with Crippen LogP contribution in [0.25, 0.3) is 0 Å². The molecule has 0 amide bonds. The third-order valence-electron chi connectivity index (χ3n) is 5.22. The van der Waals surface area contributed by atoms with E-state index in [2.05, 4.69) is 10.00 Å². The van der Waals surface area contributed by atoms with Crippen LogP contribution < -0.4 is 9.64 Å². The molecule has 2 heterocycles. The third kappa shape index (κ3) is 4.24. The molecule has 1 aliphatic heterocycles. The minimum absolute atomic E-state index is 0.0989. The first-order valence-electron chi connectivity index (χ1n) is 9.18. The van der Waals surface area contributed by atoms with Crippen molar-refractivity contribution < 1.29 is 22.7 Å². The molecule has 0 saturated carbocycles. The Balaban J connectivity index is 1.80. The smallest absolute Gasteiger partial charge is 0.436 e. The first-order chi connectivity index (χ1) is 14.1. The number of alkyl halides is 3. The van der Waals surface area contributed by atoms with Gasteiger partial charge in [0.2, 0.25) is 0 Å². The first-order valence-corrected chi connectivity index (χ1v) is 9.94. The molecule has 30 heavy (non-hydrogen) atoms. The zero-order chi connectivity index (χ0) is 22.2. The lowest BCUT2D eigenvalue weighted by Gasteiger charge is -2.39. The van der Waals surface area contributed by atoms with Crippen molar-refractivity contribution in [2.24, 2.45) is 0 Å². The second-order valence-electron chi connectivity index (χ2n) is 7.04. The topological polar surface area (TPSA) is 50.6 Å². The van der Waals surface area contributed by atoms with Crippen LogP contribution in [0.3, 0.4) is 0 Å². The number of carbonyl (C=O) groups excluding carboxylic acids is 1. The van der Waals surface area contributed by atoms with Crippen molar-refractivity contribution in [3.05, 3.63) is 39.1 Å². The van der Waals surface area contributed by atoms with Gasteiger partial charge in [0.05, 0.1) is 22.8 Å². The Bertz CT molecular complexity index is 941. The summed E-state index contributed by atoms with van der Waals surface area (Å²) in [6, 6.07) is 3.68. The van der Waals surface area contributed by atoms with Gasteiger partial charge in [0.1, 0.15) is 5.75 Å². The Morgan fingerprint density at radius 3 is 2.30 bits per heavy atom. The average molecular weight is 465 g/mol. The summed E-state index contributed by atoms with van der Waals surface area (Å²) in [5.74, 6) is 0.562. The van der Waals surface area contributed by atoms with E-state index in [1.54, 1.807) is 12.0 Å². The number of rotatable bonds is 5. The number of carbonyl (C=O) groups is 1. The fourth-order valence-electron chi connectivity index (χ4n) is 3.60. The summed E-state index contributed by atoms with van der Waals surface area (Å²) < 4.78 is 45.7. The number of aldehydes is 1. The van der Waals surface area contributed by atoms with E-state index in [4.69, 9.17) is 27.9 Å². The summed E-state index contributed by atoms with van der Waals surface area (Å²) >= 11 is 12.0. The molecule has 11 heteroatoms. The number of halogens is 5. The molecule has 1 aromatic heterocycles. The lowest BCUT2D eigenvalue weighted by atomic mass is 10.1. The van der Waals surface area contributed by atoms with E-state index in [9.17, 15) is 18.0 Å². The van der Waals surface area contributed by atoms with Gasteiger partial charge in [0.25, 0.3) is 0 Å². The molecule has 1 fully saturated rings. The molecular formula is C19H21Cl2F3N4O2. The Kier molecular flexibility index (Phi) is 6.54. The number of ether oxygens (including phenoxy) is 1. The van der Waals surface area contributed by atoms with Crippen molar-refractivity contribution in [1.82, 2.24) is 14.7 Å². The minimum Gasteiger partial charge on any atom is -0.495 e. The third-order valence-corrected chi connectivity index (χ3v) is 5.97. The fourth-order valence-corrected chi connectivity index (χ4v) is 4.13. The van der Waals surface area contributed by atoms with E-state index in [-0.39, 0.29) is 5.69 Å². The molecule has 0 N–H and O–H groups in total. The average Bonchev–Trinajstić information content (AvgIpc) is 2.99. The van der Waals surface area contributed by atoms with Crippen LogP contribution in [-0.4, -0.2) is 54.3 Å². The normalized spacial score (nSPS) is 16.6. The van der Waals surface area contributed by atoms with Crippen LogP contribution in [0.4, 0.5) is 18.9 Å². The Hall–Kier alpha value is -1.97. The number of nitrogens with zero attached hydrogens (tertiary/aromatic N) is 4. The first kappa shape index (κ1) is 22.7. The van der Waals surface area contributed by atoms with E-state index in [0.29, 0.717) is 43.2 Å². The predicted molar refractivity (Wildman–Crippen MR) is 109 cm³/mol. The van der Waals surface area contributed by atoms with Crippen molar-refractivity contribution in [3.63, 3.8) is 0 Å². The van der Waals surface area contributed by atoms with Crippen LogP contribution in [-0.2, 0) is 11.0 Å². The molecule has 1 atom stereocenters. The number of aryl methyl sites for hydroxylation is 1. The van der Waals surface area contributed by atoms with E-state index >= 15 is 0 Å². The highest BCUT2D eigenvalue weighted by molar-refractivity contribution is 6.32. The molecule has 6 nitrogen and oxygen atoms in total. The number of anilines is 1. The standard InChI is InChI=1S/C19H21Cl2F3N4O2/c1-11-8-13(20)15(30-3)9-14(11)26-4-6-27(7-5-26)16(10-29)28-12(2)17(21)18(25-28)19(22,23)24/h8-10,16H,4-7H2,1-3H3. The molecular weight excluding hydrogens is 444 g/mol. The molecule has 0 spiro atoms. The summed E-state index contributed by atoms with van der Waals surface area (Å²) in [6.45, 7) is 5.39. The molecule has 0 bridgehead atoms. The van der Waals surface area contributed by atoms with Gasteiger partial charge in [0, 0.05) is 37.9 Å². The SMILES string of the molecule is COc1cc(N2CCN(C(C=O)n3nc(C(F)(F)F)c(Cl)c3C)CC2)c(C)cc1Cl. The van der Waals surface area contributed by atoms with Gasteiger partial charge in [0.15, 0.2) is 18.1 Å². The van der Waals surface area contributed by atoms with Crippen molar-refractivity contribution in [2.75, 3.05) is 38.2 Å². The monoisotopic (exact) mass is 464 g/mol. The molecule has 1 aliphatic rings. The number of benzene rings is 1. The van der Waals surface area contributed by atoms with Gasteiger partial charge in [-0.15, -0.1) is 0 Å². The van der Waals surface area contributed by atoms with Gasteiger partial charge in [-0.3, -0.25) is 9.69 Å².